The molecule has 1 atom stereocenters. The van der Waals surface area contributed by atoms with Crippen LogP contribution in [0.3, 0.4) is 0 Å². The molecule has 1 aromatic carbocycles. The Bertz CT molecular complexity index is 333. The summed E-state index contributed by atoms with van der Waals surface area (Å²) in [6.07, 6.45) is 0.0798. The fraction of sp³-hybridized carbons (Fsp3) is 0.400. The molecule has 0 saturated carbocycles. The monoisotopic (exact) mass is 237 g/mol. The second kappa shape index (κ2) is 5.88. The molecule has 0 unspecified atom stereocenters. The van der Waals surface area contributed by atoms with Crippen LogP contribution in [0.5, 0.6) is 5.75 Å². The minimum absolute atomic E-state index is 0. The lowest BCUT2D eigenvalue weighted by Crippen LogP contribution is -2.11. The molecule has 0 radical (unpaired) electrons. The maximum atomic E-state index is 12.9. The van der Waals surface area contributed by atoms with Crippen LogP contribution in [-0.4, -0.2) is 11.8 Å². The fourth-order valence-corrected chi connectivity index (χ4v) is 1.32. The molecule has 0 saturated heterocycles. The highest BCUT2D eigenvalue weighted by Gasteiger charge is 2.13. The van der Waals surface area contributed by atoms with E-state index in [1.54, 1.807) is 6.92 Å². The normalized spacial score (nSPS) is 12.0. The van der Waals surface area contributed by atoms with Gasteiger partial charge in [0.15, 0.2) is 0 Å². The fourth-order valence-electron chi connectivity index (χ4n) is 1.32. The van der Waals surface area contributed by atoms with Gasteiger partial charge in [-0.2, -0.15) is 0 Å². The average molecular weight is 238 g/mol. The first-order valence-electron chi connectivity index (χ1n) is 4.36. The number of phenols is 1. The first-order chi connectivity index (χ1) is 6.56. The van der Waals surface area contributed by atoms with Crippen molar-refractivity contribution in [3.8, 4) is 5.75 Å². The van der Waals surface area contributed by atoms with E-state index in [4.69, 9.17) is 5.73 Å². The molecule has 86 valence electrons. The molecule has 0 fully saturated rings. The largest absolute Gasteiger partial charge is 0.507 e. The Morgan fingerprint density at radius 3 is 2.60 bits per heavy atom. The molecule has 0 aliphatic heterocycles. The van der Waals surface area contributed by atoms with Gasteiger partial charge in [0.1, 0.15) is 11.6 Å². The zero-order chi connectivity index (χ0) is 10.7. The third-order valence-corrected chi connectivity index (χ3v) is 2.11. The number of rotatable bonds is 3. The average Bonchev–Trinajstić information content (AvgIpc) is 2.11. The molecule has 0 aliphatic carbocycles. The summed E-state index contributed by atoms with van der Waals surface area (Å²) in [5.74, 6) is -0.517. The third kappa shape index (κ3) is 3.32. The van der Waals surface area contributed by atoms with Crippen LogP contribution in [0.25, 0.3) is 0 Å². The third-order valence-electron chi connectivity index (χ3n) is 2.11. The van der Waals surface area contributed by atoms with Crippen molar-refractivity contribution in [3.63, 3.8) is 0 Å². The molecule has 1 aromatic rings. The van der Waals surface area contributed by atoms with Gasteiger partial charge in [0.25, 0.3) is 0 Å². The van der Waals surface area contributed by atoms with E-state index >= 15 is 0 Å². The van der Waals surface area contributed by atoms with Gasteiger partial charge < -0.3 is 10.8 Å². The number of hydrogen-bond acceptors (Lipinski definition) is 2. The SMILES string of the molecule is Cc1cc(F)cc([C@H](N)CCF)c1O.Cl. The number of halogens is 3. The molecule has 0 amide bonds. The van der Waals surface area contributed by atoms with Crippen LogP contribution in [0.2, 0.25) is 0 Å². The number of benzene rings is 1. The lowest BCUT2D eigenvalue weighted by atomic mass is 10.0. The summed E-state index contributed by atoms with van der Waals surface area (Å²) in [5, 5.41) is 9.55. The van der Waals surface area contributed by atoms with E-state index in [1.165, 1.54) is 6.07 Å². The molecule has 0 heterocycles. The van der Waals surface area contributed by atoms with E-state index in [1.807, 2.05) is 0 Å². The number of aromatic hydroxyl groups is 1. The van der Waals surface area contributed by atoms with E-state index in [0.29, 0.717) is 5.56 Å². The van der Waals surface area contributed by atoms with Gasteiger partial charge in [0.05, 0.1) is 6.67 Å². The molecule has 15 heavy (non-hydrogen) atoms. The van der Waals surface area contributed by atoms with Crippen LogP contribution in [0, 0.1) is 12.7 Å². The summed E-state index contributed by atoms with van der Waals surface area (Å²) in [6, 6.07) is 1.69. The van der Waals surface area contributed by atoms with Gasteiger partial charge in [-0.1, -0.05) is 0 Å². The summed E-state index contributed by atoms with van der Waals surface area (Å²) in [4.78, 5) is 0. The summed E-state index contributed by atoms with van der Waals surface area (Å²) >= 11 is 0. The van der Waals surface area contributed by atoms with Crippen molar-refractivity contribution in [2.24, 2.45) is 5.73 Å². The standard InChI is InChI=1S/C10H13F2NO.ClH/c1-6-4-7(12)5-8(10(6)14)9(13)2-3-11;/h4-5,9,14H,2-3,13H2,1H3;1H/t9-;/m1./s1. The van der Waals surface area contributed by atoms with Crippen LogP contribution in [-0.2, 0) is 0 Å². The molecule has 0 aliphatic rings. The topological polar surface area (TPSA) is 46.2 Å². The maximum Gasteiger partial charge on any atom is 0.124 e. The predicted molar refractivity (Wildman–Crippen MR) is 57.6 cm³/mol. The zero-order valence-electron chi connectivity index (χ0n) is 8.34. The molecule has 5 heteroatoms. The van der Waals surface area contributed by atoms with Crippen molar-refractivity contribution in [1.29, 1.82) is 0 Å². The highest BCUT2D eigenvalue weighted by molar-refractivity contribution is 5.85. The summed E-state index contributed by atoms with van der Waals surface area (Å²) < 4.78 is 25.0. The summed E-state index contributed by atoms with van der Waals surface area (Å²) in [5.41, 5.74) is 6.25. The zero-order valence-corrected chi connectivity index (χ0v) is 9.15. The minimum atomic E-state index is -0.658. The Hall–Kier alpha value is -0.870. The molecular formula is C10H14ClF2NO. The quantitative estimate of drug-likeness (QED) is 0.849. The van der Waals surface area contributed by atoms with Crippen LogP contribution in [0.4, 0.5) is 8.78 Å². The number of phenolic OH excluding ortho intramolecular Hbond substituents is 1. The summed E-state index contributed by atoms with van der Waals surface area (Å²) in [6.45, 7) is 0.986. The van der Waals surface area contributed by atoms with Gasteiger partial charge in [0.2, 0.25) is 0 Å². The first-order valence-corrected chi connectivity index (χ1v) is 4.36. The van der Waals surface area contributed by atoms with Crippen LogP contribution < -0.4 is 5.73 Å². The van der Waals surface area contributed by atoms with E-state index in [-0.39, 0.29) is 30.1 Å². The number of aryl methyl sites for hydroxylation is 1. The Morgan fingerprint density at radius 1 is 1.47 bits per heavy atom. The molecule has 3 N–H and O–H groups in total. The predicted octanol–water partition coefficient (Wildman–Crippen LogP) is 2.62. The van der Waals surface area contributed by atoms with Gasteiger partial charge in [-0.15, -0.1) is 12.4 Å². The van der Waals surface area contributed by atoms with Crippen molar-refractivity contribution in [3.05, 3.63) is 29.1 Å². The molecule has 0 spiro atoms. The highest BCUT2D eigenvalue weighted by atomic mass is 35.5. The number of nitrogens with two attached hydrogens (primary N) is 1. The van der Waals surface area contributed by atoms with Gasteiger partial charge in [-0.25, -0.2) is 4.39 Å². The van der Waals surface area contributed by atoms with Crippen molar-refractivity contribution < 1.29 is 13.9 Å². The van der Waals surface area contributed by atoms with Crippen molar-refractivity contribution in [2.45, 2.75) is 19.4 Å². The van der Waals surface area contributed by atoms with Crippen molar-refractivity contribution in [2.75, 3.05) is 6.67 Å². The van der Waals surface area contributed by atoms with Crippen LogP contribution in [0.15, 0.2) is 12.1 Å². The second-order valence-electron chi connectivity index (χ2n) is 3.24. The van der Waals surface area contributed by atoms with Gasteiger partial charge in [-0.3, -0.25) is 4.39 Å². The Labute approximate surface area is 93.5 Å². The van der Waals surface area contributed by atoms with E-state index in [2.05, 4.69) is 0 Å². The van der Waals surface area contributed by atoms with Crippen LogP contribution >= 0.6 is 12.4 Å². The smallest absolute Gasteiger partial charge is 0.124 e. The molecule has 1 rings (SSSR count). The van der Waals surface area contributed by atoms with E-state index < -0.39 is 18.5 Å². The molecule has 0 bridgehead atoms. The lowest BCUT2D eigenvalue weighted by molar-refractivity contribution is 0.420. The Balaban J connectivity index is 0.00000196. The van der Waals surface area contributed by atoms with Gasteiger partial charge in [-0.05, 0) is 31.0 Å². The molecular weight excluding hydrogens is 224 g/mol. The highest BCUT2D eigenvalue weighted by Crippen LogP contribution is 2.29. The Kier molecular flexibility index (Phi) is 5.54. The summed E-state index contributed by atoms with van der Waals surface area (Å²) in [7, 11) is 0. The van der Waals surface area contributed by atoms with Crippen LogP contribution in [0.1, 0.15) is 23.6 Å². The van der Waals surface area contributed by atoms with Crippen molar-refractivity contribution >= 4 is 12.4 Å². The van der Waals surface area contributed by atoms with Crippen molar-refractivity contribution in [1.82, 2.24) is 0 Å². The van der Waals surface area contributed by atoms with Gasteiger partial charge >= 0.3 is 0 Å². The lowest BCUT2D eigenvalue weighted by Gasteiger charge is -2.13. The Morgan fingerprint density at radius 2 is 2.07 bits per heavy atom. The number of alkyl halides is 1. The van der Waals surface area contributed by atoms with Gasteiger partial charge in [0, 0.05) is 11.6 Å². The molecule has 2 nitrogen and oxygen atoms in total. The number of hydrogen-bond donors (Lipinski definition) is 2. The van der Waals surface area contributed by atoms with E-state index in [9.17, 15) is 13.9 Å². The van der Waals surface area contributed by atoms with E-state index in [0.717, 1.165) is 6.07 Å². The maximum absolute atomic E-state index is 12.9. The second-order valence-corrected chi connectivity index (χ2v) is 3.24. The molecule has 0 aromatic heterocycles. The minimum Gasteiger partial charge on any atom is -0.507 e. The first kappa shape index (κ1) is 14.1.